The van der Waals surface area contributed by atoms with Crippen molar-refractivity contribution in [3.63, 3.8) is 0 Å². The fourth-order valence-corrected chi connectivity index (χ4v) is 2.47. The Bertz CT molecular complexity index is 633. The molecule has 0 radical (unpaired) electrons. The van der Waals surface area contributed by atoms with Crippen LogP contribution in [-0.4, -0.2) is 32.2 Å². The van der Waals surface area contributed by atoms with Gasteiger partial charge >= 0.3 is 5.97 Å². The first-order valence-electron chi connectivity index (χ1n) is 5.51. The van der Waals surface area contributed by atoms with E-state index in [1.54, 1.807) is 13.0 Å². The number of ether oxygens (including phenoxy) is 1. The zero-order chi connectivity index (χ0) is 14.7. The predicted octanol–water partition coefficient (Wildman–Crippen LogP) is 0.829. The lowest BCUT2D eigenvalue weighted by atomic mass is 9.88. The smallest absolute Gasteiger partial charge is 0.332 e. The summed E-state index contributed by atoms with van der Waals surface area (Å²) in [5.41, 5.74) is -1.87. The molecule has 7 heteroatoms. The molecular weight excluding hydrogens is 268 g/mol. The van der Waals surface area contributed by atoms with Crippen LogP contribution in [0.1, 0.15) is 19.5 Å². The van der Waals surface area contributed by atoms with Gasteiger partial charge in [-0.3, -0.25) is 4.98 Å². The number of pyridine rings is 1. The molecule has 0 fully saturated rings. The Morgan fingerprint density at radius 1 is 1.58 bits per heavy atom. The van der Waals surface area contributed by atoms with E-state index in [1.807, 2.05) is 0 Å². The monoisotopic (exact) mass is 282 g/mol. The maximum atomic E-state index is 11.9. The molecule has 0 bridgehead atoms. The Balaban J connectivity index is 3.52. The molecule has 0 aliphatic rings. The number of hydrogen-bond acceptors (Lipinski definition) is 6. The lowest BCUT2D eigenvalue weighted by Gasteiger charge is -2.20. The second-order valence-electron chi connectivity index (χ2n) is 4.08. The van der Waals surface area contributed by atoms with Crippen LogP contribution in [0.3, 0.4) is 0 Å². The van der Waals surface area contributed by atoms with Crippen LogP contribution in [-0.2, 0) is 24.8 Å². The highest BCUT2D eigenvalue weighted by molar-refractivity contribution is 7.90. The van der Waals surface area contributed by atoms with Crippen LogP contribution in [0.25, 0.3) is 0 Å². The molecule has 0 aliphatic heterocycles. The second kappa shape index (κ2) is 5.36. The Morgan fingerprint density at radius 2 is 2.21 bits per heavy atom. The van der Waals surface area contributed by atoms with Gasteiger partial charge in [-0.1, -0.05) is 0 Å². The lowest BCUT2D eigenvalue weighted by Crippen LogP contribution is -2.35. The molecule has 1 heterocycles. The highest BCUT2D eigenvalue weighted by atomic mass is 32.2. The number of nitriles is 1. The largest absolute Gasteiger partial charge is 0.465 e. The van der Waals surface area contributed by atoms with Crippen LogP contribution in [0.2, 0.25) is 0 Å². The molecule has 0 aliphatic carbocycles. The molecule has 1 atom stereocenters. The Morgan fingerprint density at radius 3 is 2.68 bits per heavy atom. The molecule has 1 aromatic rings. The van der Waals surface area contributed by atoms with Gasteiger partial charge in [-0.25, -0.2) is 13.2 Å². The summed E-state index contributed by atoms with van der Waals surface area (Å²) in [7, 11) is -3.60. The first kappa shape index (κ1) is 15.1. The van der Waals surface area contributed by atoms with E-state index in [0.29, 0.717) is 0 Å². The summed E-state index contributed by atoms with van der Waals surface area (Å²) in [6.07, 6.45) is 2.33. The number of nitrogens with zero attached hydrogens (tertiary/aromatic N) is 2. The quantitative estimate of drug-likeness (QED) is 0.759. The summed E-state index contributed by atoms with van der Waals surface area (Å²) in [4.78, 5) is 15.6. The third kappa shape index (κ3) is 2.90. The van der Waals surface area contributed by atoms with Crippen molar-refractivity contribution in [1.82, 2.24) is 4.98 Å². The van der Waals surface area contributed by atoms with Crippen LogP contribution < -0.4 is 0 Å². The number of rotatable bonds is 4. The van der Waals surface area contributed by atoms with Crippen molar-refractivity contribution >= 4 is 15.8 Å². The number of sulfone groups is 1. The lowest BCUT2D eigenvalue weighted by molar-refractivity contribution is -0.147. The van der Waals surface area contributed by atoms with Crippen molar-refractivity contribution in [1.29, 1.82) is 5.26 Å². The third-order valence-corrected chi connectivity index (χ3v) is 3.68. The van der Waals surface area contributed by atoms with Gasteiger partial charge in [0.15, 0.2) is 15.3 Å². The van der Waals surface area contributed by atoms with Gasteiger partial charge in [-0.2, -0.15) is 5.26 Å². The van der Waals surface area contributed by atoms with E-state index in [4.69, 9.17) is 4.74 Å². The number of hydrogen-bond donors (Lipinski definition) is 0. The zero-order valence-electron chi connectivity index (χ0n) is 10.9. The molecule has 1 rings (SSSR count). The normalized spacial score (nSPS) is 14.2. The summed E-state index contributed by atoms with van der Waals surface area (Å²) in [6, 6.07) is 4.54. The van der Waals surface area contributed by atoms with Crippen molar-refractivity contribution in [2.24, 2.45) is 0 Å². The molecule has 0 N–H and O–H groups in total. The fraction of sp³-hybridized carbons (Fsp3) is 0.417. The SMILES string of the molecule is CCOC(=O)C(C)(C#N)c1ncccc1S(C)(=O)=O. The van der Waals surface area contributed by atoms with E-state index in [-0.39, 0.29) is 17.2 Å². The van der Waals surface area contributed by atoms with Crippen molar-refractivity contribution < 1.29 is 17.9 Å². The Labute approximate surface area is 111 Å². The van der Waals surface area contributed by atoms with Crippen LogP contribution in [0.15, 0.2) is 23.2 Å². The summed E-state index contributed by atoms with van der Waals surface area (Å²) in [5, 5.41) is 9.24. The van der Waals surface area contributed by atoms with Gasteiger partial charge in [0, 0.05) is 12.5 Å². The Hall–Kier alpha value is -1.94. The minimum Gasteiger partial charge on any atom is -0.465 e. The average molecular weight is 282 g/mol. The maximum absolute atomic E-state index is 11.9. The van der Waals surface area contributed by atoms with E-state index in [1.165, 1.54) is 25.3 Å². The van der Waals surface area contributed by atoms with Crippen molar-refractivity contribution in [2.75, 3.05) is 12.9 Å². The average Bonchev–Trinajstić information content (AvgIpc) is 2.37. The van der Waals surface area contributed by atoms with Gasteiger partial charge in [0.1, 0.15) is 0 Å². The van der Waals surface area contributed by atoms with Crippen molar-refractivity contribution in [3.05, 3.63) is 24.0 Å². The van der Waals surface area contributed by atoms with Gasteiger partial charge in [0.05, 0.1) is 23.3 Å². The van der Waals surface area contributed by atoms with Gasteiger partial charge < -0.3 is 4.74 Å². The molecule has 102 valence electrons. The Kier molecular flexibility index (Phi) is 4.27. The van der Waals surface area contributed by atoms with E-state index in [0.717, 1.165) is 6.26 Å². The third-order valence-electron chi connectivity index (χ3n) is 2.55. The first-order valence-corrected chi connectivity index (χ1v) is 7.40. The summed E-state index contributed by atoms with van der Waals surface area (Å²) in [6.45, 7) is 2.99. The molecular formula is C12H14N2O4S. The van der Waals surface area contributed by atoms with Crippen LogP contribution in [0, 0.1) is 11.3 Å². The molecule has 0 saturated carbocycles. The first-order chi connectivity index (χ1) is 8.77. The van der Waals surface area contributed by atoms with Crippen molar-refractivity contribution in [3.8, 4) is 6.07 Å². The number of carbonyl (C=O) groups is 1. The molecule has 1 unspecified atom stereocenters. The molecule has 19 heavy (non-hydrogen) atoms. The molecule has 0 amide bonds. The molecule has 6 nitrogen and oxygen atoms in total. The minimum atomic E-state index is -3.60. The summed E-state index contributed by atoms with van der Waals surface area (Å²) >= 11 is 0. The van der Waals surface area contributed by atoms with E-state index in [9.17, 15) is 18.5 Å². The van der Waals surface area contributed by atoms with Gasteiger partial charge in [-0.05, 0) is 26.0 Å². The van der Waals surface area contributed by atoms with Gasteiger partial charge in [0.25, 0.3) is 0 Å². The molecule has 0 spiro atoms. The van der Waals surface area contributed by atoms with E-state index >= 15 is 0 Å². The molecule has 0 aromatic carbocycles. The van der Waals surface area contributed by atoms with Crippen LogP contribution >= 0.6 is 0 Å². The topological polar surface area (TPSA) is 97.1 Å². The second-order valence-corrected chi connectivity index (χ2v) is 6.06. The zero-order valence-corrected chi connectivity index (χ0v) is 11.7. The van der Waals surface area contributed by atoms with E-state index in [2.05, 4.69) is 4.98 Å². The van der Waals surface area contributed by atoms with E-state index < -0.39 is 21.2 Å². The van der Waals surface area contributed by atoms with Crippen LogP contribution in [0.4, 0.5) is 0 Å². The fourth-order valence-electron chi connectivity index (χ4n) is 1.54. The van der Waals surface area contributed by atoms with Gasteiger partial charge in [0.2, 0.25) is 0 Å². The standard InChI is InChI=1S/C12H14N2O4S/c1-4-18-11(15)12(2,8-13)10-9(19(3,16)17)6-5-7-14-10/h5-7H,4H2,1-3H3. The van der Waals surface area contributed by atoms with Gasteiger partial charge in [-0.15, -0.1) is 0 Å². The molecule has 0 saturated heterocycles. The summed E-state index contributed by atoms with van der Waals surface area (Å²) < 4.78 is 28.2. The number of carbonyl (C=O) groups excluding carboxylic acids is 1. The molecule has 1 aromatic heterocycles. The highest BCUT2D eigenvalue weighted by Crippen LogP contribution is 2.28. The van der Waals surface area contributed by atoms with Crippen molar-refractivity contribution in [2.45, 2.75) is 24.2 Å². The number of aromatic nitrogens is 1. The number of esters is 1. The summed E-state index contributed by atoms with van der Waals surface area (Å²) in [5.74, 6) is -0.818. The highest BCUT2D eigenvalue weighted by Gasteiger charge is 2.42. The minimum absolute atomic E-state index is 0.0944. The predicted molar refractivity (Wildman–Crippen MR) is 66.9 cm³/mol. The van der Waals surface area contributed by atoms with Crippen LogP contribution in [0.5, 0.6) is 0 Å². The maximum Gasteiger partial charge on any atom is 0.332 e.